The molecule has 5 aromatic rings. The molecule has 8 heteroatoms. The maximum Gasteiger partial charge on any atom is 0.294 e. The number of nitrogens with one attached hydrogen (secondary N) is 1. The lowest BCUT2D eigenvalue weighted by atomic mass is 10.1. The third-order valence-corrected chi connectivity index (χ3v) is 7.24. The number of nitrogens with zero attached hydrogens (tertiary/aromatic N) is 4. The second kappa shape index (κ2) is 7.97. The van der Waals surface area contributed by atoms with E-state index in [2.05, 4.69) is 10.4 Å². The van der Waals surface area contributed by atoms with Gasteiger partial charge in [-0.15, -0.1) is 16.4 Å². The fraction of sp³-hybridized carbons (Fsp3) is 0.200. The first-order valence-electron chi connectivity index (χ1n) is 11.1. The van der Waals surface area contributed by atoms with Crippen LogP contribution < -0.4 is 10.9 Å². The van der Waals surface area contributed by atoms with Crippen LogP contribution in [0, 0.1) is 0 Å². The number of amides is 1. The summed E-state index contributed by atoms with van der Waals surface area (Å²) in [6.07, 6.45) is 5.20. The average Bonchev–Trinajstić information content (AvgIpc) is 3.31. The predicted octanol–water partition coefficient (Wildman–Crippen LogP) is 4.62. The van der Waals surface area contributed by atoms with Crippen LogP contribution in [0.1, 0.15) is 40.3 Å². The van der Waals surface area contributed by atoms with Gasteiger partial charge in [-0.25, -0.2) is 9.38 Å². The van der Waals surface area contributed by atoms with Crippen LogP contribution in [0.4, 0.5) is 5.69 Å². The van der Waals surface area contributed by atoms with E-state index in [9.17, 15) is 9.59 Å². The number of hydrogen-bond donors (Lipinski definition) is 1. The number of carbonyl (C=O) groups is 1. The van der Waals surface area contributed by atoms with Crippen molar-refractivity contribution < 1.29 is 4.79 Å². The molecule has 6 rings (SSSR count). The first kappa shape index (κ1) is 19.9. The third-order valence-electron chi connectivity index (χ3n) is 6.05. The molecule has 0 radical (unpaired) electrons. The number of thiophene rings is 1. The van der Waals surface area contributed by atoms with Gasteiger partial charge in [-0.3, -0.25) is 9.59 Å². The quantitative estimate of drug-likeness (QED) is 0.403. The molecule has 1 aliphatic rings. The number of benzene rings is 2. The van der Waals surface area contributed by atoms with Crippen LogP contribution in [0.25, 0.3) is 21.7 Å². The topological polar surface area (TPSA) is 81.3 Å². The molecule has 0 atom stereocenters. The van der Waals surface area contributed by atoms with E-state index in [1.807, 2.05) is 48.5 Å². The maximum atomic E-state index is 13.9. The van der Waals surface area contributed by atoms with Crippen molar-refractivity contribution in [2.24, 2.45) is 0 Å². The summed E-state index contributed by atoms with van der Waals surface area (Å²) in [5, 5.41) is 8.05. The molecule has 7 nitrogen and oxygen atoms in total. The van der Waals surface area contributed by atoms with Crippen LogP contribution in [0.2, 0.25) is 0 Å². The highest BCUT2D eigenvalue weighted by molar-refractivity contribution is 7.18. The Hall–Kier alpha value is -3.78. The molecule has 1 amide bonds. The van der Waals surface area contributed by atoms with E-state index < -0.39 is 5.91 Å². The molecule has 0 saturated heterocycles. The number of anilines is 1. The van der Waals surface area contributed by atoms with Crippen molar-refractivity contribution in [3.05, 3.63) is 87.3 Å². The number of aromatic nitrogens is 4. The van der Waals surface area contributed by atoms with Crippen molar-refractivity contribution in [1.82, 2.24) is 19.2 Å². The maximum absolute atomic E-state index is 13.9. The molecule has 3 heterocycles. The van der Waals surface area contributed by atoms with E-state index in [1.54, 1.807) is 28.2 Å². The fourth-order valence-electron chi connectivity index (χ4n) is 4.49. The summed E-state index contributed by atoms with van der Waals surface area (Å²) in [6.45, 7) is 0. The number of hydrogen-bond acceptors (Lipinski definition) is 5. The zero-order valence-electron chi connectivity index (χ0n) is 17.8. The number of aryl methyl sites for hydroxylation is 2. The first-order valence-corrected chi connectivity index (χ1v) is 11.9. The molecule has 0 bridgehead atoms. The van der Waals surface area contributed by atoms with Gasteiger partial charge in [0.15, 0.2) is 0 Å². The Balaban J connectivity index is 1.62. The van der Waals surface area contributed by atoms with E-state index in [4.69, 9.17) is 4.98 Å². The molecule has 1 aliphatic carbocycles. The Kier molecular flexibility index (Phi) is 4.80. The monoisotopic (exact) mass is 455 g/mol. The summed E-state index contributed by atoms with van der Waals surface area (Å²) in [5.41, 5.74) is 2.24. The summed E-state index contributed by atoms with van der Waals surface area (Å²) in [5.74, 6) is -0.0931. The zero-order chi connectivity index (χ0) is 22.4. The molecule has 33 heavy (non-hydrogen) atoms. The number of fused-ring (bicyclic) bond motifs is 4. The van der Waals surface area contributed by atoms with Gasteiger partial charge in [0.25, 0.3) is 11.5 Å². The zero-order valence-corrected chi connectivity index (χ0v) is 18.6. The summed E-state index contributed by atoms with van der Waals surface area (Å²) in [4.78, 5) is 34.0. The van der Waals surface area contributed by atoms with Gasteiger partial charge in [-0.1, -0.05) is 42.8 Å². The van der Waals surface area contributed by atoms with Crippen LogP contribution >= 0.6 is 11.3 Å². The van der Waals surface area contributed by atoms with Crippen molar-refractivity contribution in [2.45, 2.75) is 32.1 Å². The normalized spacial score (nSPS) is 13.7. The summed E-state index contributed by atoms with van der Waals surface area (Å²) in [7, 11) is 0. The van der Waals surface area contributed by atoms with Gasteiger partial charge in [-0.2, -0.15) is 4.68 Å². The minimum absolute atomic E-state index is 0.0191. The molecule has 1 N–H and O–H groups in total. The van der Waals surface area contributed by atoms with Crippen molar-refractivity contribution in [3.63, 3.8) is 0 Å². The number of carbonyl (C=O) groups excluding carboxylic acids is 1. The van der Waals surface area contributed by atoms with E-state index in [0.717, 1.165) is 48.2 Å². The molecular weight excluding hydrogens is 434 g/mol. The van der Waals surface area contributed by atoms with Gasteiger partial charge in [-0.05, 0) is 55.5 Å². The largest absolute Gasteiger partial charge is 0.319 e. The lowest BCUT2D eigenvalue weighted by molar-refractivity contribution is 0.101. The highest BCUT2D eigenvalue weighted by Crippen LogP contribution is 2.33. The molecule has 3 aromatic heterocycles. The first-order chi connectivity index (χ1) is 16.2. The van der Waals surface area contributed by atoms with Crippen LogP contribution in [0.15, 0.2) is 65.5 Å². The van der Waals surface area contributed by atoms with Gasteiger partial charge < -0.3 is 5.32 Å². The fourth-order valence-corrected chi connectivity index (χ4v) is 5.73. The van der Waals surface area contributed by atoms with E-state index in [-0.39, 0.29) is 11.4 Å². The van der Waals surface area contributed by atoms with Gasteiger partial charge >= 0.3 is 0 Å². The van der Waals surface area contributed by atoms with E-state index in [0.29, 0.717) is 16.9 Å². The second-order valence-electron chi connectivity index (χ2n) is 8.19. The van der Waals surface area contributed by atoms with Crippen molar-refractivity contribution in [1.29, 1.82) is 0 Å². The molecular formula is C25H21N5O2S. The number of para-hydroxylation sites is 2. The van der Waals surface area contributed by atoms with Crippen LogP contribution in [0.3, 0.4) is 0 Å². The standard InChI is InChI=1S/C25H21N5O2S/c31-22(26-16-10-4-1-5-11-16)21-28-30(17-12-6-2-7-13-17)25-27-23-20(24(32)29(21)25)18-14-8-3-9-15-19(18)33-23/h1-2,4-7,10-13H,3,8-9,14-15H2,(H,26,31). The summed E-state index contributed by atoms with van der Waals surface area (Å²) < 4.78 is 2.94. The van der Waals surface area contributed by atoms with Gasteiger partial charge in [0.2, 0.25) is 11.6 Å². The Bertz CT molecular complexity index is 1550. The second-order valence-corrected chi connectivity index (χ2v) is 9.27. The molecule has 0 fully saturated rings. The van der Waals surface area contributed by atoms with Gasteiger partial charge in [0.05, 0.1) is 11.1 Å². The minimum atomic E-state index is -0.453. The molecule has 164 valence electrons. The molecule has 0 saturated carbocycles. The van der Waals surface area contributed by atoms with Gasteiger partial charge in [0, 0.05) is 10.6 Å². The van der Waals surface area contributed by atoms with Crippen LogP contribution in [-0.4, -0.2) is 25.1 Å². The molecule has 0 aliphatic heterocycles. The minimum Gasteiger partial charge on any atom is -0.319 e. The third kappa shape index (κ3) is 3.34. The Morgan fingerprint density at radius 1 is 0.939 bits per heavy atom. The Morgan fingerprint density at radius 3 is 2.45 bits per heavy atom. The Morgan fingerprint density at radius 2 is 1.67 bits per heavy atom. The lowest BCUT2D eigenvalue weighted by Crippen LogP contribution is -2.23. The van der Waals surface area contributed by atoms with Crippen molar-refractivity contribution in [3.8, 4) is 5.69 Å². The van der Waals surface area contributed by atoms with E-state index in [1.165, 1.54) is 9.28 Å². The molecule has 0 spiro atoms. The SMILES string of the molecule is O=C(Nc1ccccc1)c1nn(-c2ccccc2)c2nc3sc4c(c3c(=O)n12)CCCCC4. The van der Waals surface area contributed by atoms with E-state index >= 15 is 0 Å². The summed E-state index contributed by atoms with van der Waals surface area (Å²) >= 11 is 1.60. The number of rotatable bonds is 3. The highest BCUT2D eigenvalue weighted by atomic mass is 32.1. The van der Waals surface area contributed by atoms with Gasteiger partial charge in [0.1, 0.15) is 4.83 Å². The van der Waals surface area contributed by atoms with Crippen LogP contribution in [-0.2, 0) is 12.8 Å². The lowest BCUT2D eigenvalue weighted by Gasteiger charge is -2.04. The predicted molar refractivity (Wildman–Crippen MR) is 130 cm³/mol. The van der Waals surface area contributed by atoms with Crippen LogP contribution in [0.5, 0.6) is 0 Å². The molecule has 0 unspecified atom stereocenters. The van der Waals surface area contributed by atoms with Crippen molar-refractivity contribution in [2.75, 3.05) is 5.32 Å². The Labute approximate surface area is 193 Å². The summed E-state index contributed by atoms with van der Waals surface area (Å²) in [6, 6.07) is 18.6. The molecule has 2 aromatic carbocycles. The van der Waals surface area contributed by atoms with Crippen molar-refractivity contribution >= 4 is 38.9 Å². The highest BCUT2D eigenvalue weighted by Gasteiger charge is 2.26. The smallest absolute Gasteiger partial charge is 0.294 e. The average molecular weight is 456 g/mol.